The lowest BCUT2D eigenvalue weighted by Crippen LogP contribution is -1.96. The van der Waals surface area contributed by atoms with Gasteiger partial charge in [-0.2, -0.15) is 0 Å². The highest BCUT2D eigenvalue weighted by Gasteiger charge is 2.27. The summed E-state index contributed by atoms with van der Waals surface area (Å²) in [7, 11) is 0. The molecule has 0 amide bonds. The second-order valence-electron chi connectivity index (χ2n) is 22.4. The molecule has 84 heavy (non-hydrogen) atoms. The van der Waals surface area contributed by atoms with Gasteiger partial charge in [0.15, 0.2) is 0 Å². The molecule has 0 unspecified atom stereocenters. The van der Waals surface area contributed by atoms with Gasteiger partial charge in [0, 0.05) is 0 Å². The highest BCUT2D eigenvalue weighted by molar-refractivity contribution is 6.13. The van der Waals surface area contributed by atoms with Gasteiger partial charge < -0.3 is 0 Å². The van der Waals surface area contributed by atoms with Gasteiger partial charge in [0.25, 0.3) is 0 Å². The van der Waals surface area contributed by atoms with Crippen molar-refractivity contribution in [2.45, 2.75) is 0 Å². The summed E-state index contributed by atoms with van der Waals surface area (Å²) < 4.78 is 0. The average molecular weight is 1060 g/mol. The molecule has 0 atom stereocenters. The van der Waals surface area contributed by atoms with E-state index >= 15 is 0 Å². The Labute approximate surface area is 486 Å². The summed E-state index contributed by atoms with van der Waals surface area (Å²) in [6.45, 7) is 0. The van der Waals surface area contributed by atoms with E-state index < -0.39 is 0 Å². The van der Waals surface area contributed by atoms with Crippen LogP contribution in [0.1, 0.15) is 0 Å². The van der Waals surface area contributed by atoms with Gasteiger partial charge in [0.2, 0.25) is 0 Å². The smallest absolute Gasteiger partial charge is 0.000718 e. The number of benzene rings is 15. The van der Waals surface area contributed by atoms with Crippen LogP contribution in [0.3, 0.4) is 0 Å². The van der Waals surface area contributed by atoms with E-state index in [9.17, 15) is 0 Å². The van der Waals surface area contributed by atoms with Gasteiger partial charge in [-0.15, -0.1) is 0 Å². The molecule has 2 aliphatic rings. The van der Waals surface area contributed by atoms with Crippen LogP contribution in [0, 0.1) is 41.7 Å². The third-order valence-electron chi connectivity index (χ3n) is 18.0. The zero-order valence-corrected chi connectivity index (χ0v) is 46.0. The summed E-state index contributed by atoms with van der Waals surface area (Å²) >= 11 is 0. The van der Waals surface area contributed by atoms with Crippen LogP contribution >= 0.6 is 0 Å². The number of hydrogen-bond acceptors (Lipinski definition) is 0. The molecule has 2 aliphatic carbocycles. The zero-order chi connectivity index (χ0) is 55.2. The van der Waals surface area contributed by atoms with Crippen molar-refractivity contribution < 1.29 is 0 Å². The topological polar surface area (TPSA) is 0 Å². The van der Waals surface area contributed by atoms with Crippen molar-refractivity contribution in [2.75, 3.05) is 0 Å². The molecule has 0 aliphatic heterocycles. The van der Waals surface area contributed by atoms with Crippen molar-refractivity contribution >= 4 is 32.3 Å². The van der Waals surface area contributed by atoms with Crippen LogP contribution < -0.4 is 0 Å². The van der Waals surface area contributed by atoms with E-state index in [0.717, 1.165) is 0 Å². The minimum Gasteiger partial charge on any atom is -0.0622 e. The molecule has 17 rings (SSSR count). The van der Waals surface area contributed by atoms with E-state index in [1.54, 1.807) is 0 Å². The van der Waals surface area contributed by atoms with Crippen molar-refractivity contribution in [3.8, 4) is 100 Å². The average Bonchev–Trinajstić information content (AvgIpc) is 2.06. The quantitative estimate of drug-likeness (QED) is 0.135. The second kappa shape index (κ2) is 19.4. The summed E-state index contributed by atoms with van der Waals surface area (Å²) in [5.74, 6) is 0. The third-order valence-corrected chi connectivity index (χ3v) is 18.0. The van der Waals surface area contributed by atoms with Crippen molar-refractivity contribution in [3.05, 3.63) is 357 Å². The van der Waals surface area contributed by atoms with Crippen LogP contribution in [0.5, 0.6) is 0 Å². The molecule has 0 heteroatoms. The molecular formula is C84H52. The summed E-state index contributed by atoms with van der Waals surface area (Å²) in [6.07, 6.45) is 0. The van der Waals surface area contributed by atoms with Gasteiger partial charge in [-0.1, -0.05) is 309 Å². The summed E-state index contributed by atoms with van der Waals surface area (Å²) in [5.41, 5.74) is 21.9. The minimum atomic E-state index is 1.19. The van der Waals surface area contributed by atoms with Gasteiger partial charge in [-0.25, -0.2) is 0 Å². The number of fused-ring (bicyclic) bond motifs is 4. The van der Waals surface area contributed by atoms with Crippen molar-refractivity contribution in [1.29, 1.82) is 0 Å². The fourth-order valence-electron chi connectivity index (χ4n) is 14.5. The molecule has 15 aromatic carbocycles. The SMILES string of the molecule is c1ccc(-c2ccc3c(-c4ccccc4-c4ccccc4)c4c(c(-c5ccccc5-c5ccccc5)c3c2)=c2ccc3c5c(ccc=4c25)=c2c(-c4ccccc4-c4ccccc4)c4ccccc4c(-c4ccccc4-c4ccccc4)c2=3)cc1. The van der Waals surface area contributed by atoms with Crippen molar-refractivity contribution in [3.63, 3.8) is 0 Å². The monoisotopic (exact) mass is 1060 g/mol. The first-order chi connectivity index (χ1) is 41.8. The largest absolute Gasteiger partial charge is 0.0622 e. The lowest BCUT2D eigenvalue weighted by molar-refractivity contribution is 1.47. The molecule has 388 valence electrons. The third kappa shape index (κ3) is 7.27. The fourth-order valence-corrected chi connectivity index (χ4v) is 14.5. The molecule has 0 N–H and O–H groups in total. The molecule has 0 heterocycles. The molecule has 0 fully saturated rings. The van der Waals surface area contributed by atoms with Gasteiger partial charge in [-0.3, -0.25) is 0 Å². The van der Waals surface area contributed by atoms with E-state index in [2.05, 4.69) is 315 Å². The molecule has 15 aromatic rings. The molecule has 0 radical (unpaired) electrons. The number of rotatable bonds is 9. The Bertz CT molecular complexity index is 5480. The first-order valence-electron chi connectivity index (χ1n) is 29.2. The molecule has 0 bridgehead atoms. The first kappa shape index (κ1) is 47.8. The van der Waals surface area contributed by atoms with E-state index in [-0.39, 0.29) is 0 Å². The van der Waals surface area contributed by atoms with Crippen LogP contribution in [0.4, 0.5) is 0 Å². The van der Waals surface area contributed by atoms with E-state index in [0.29, 0.717) is 0 Å². The Kier molecular flexibility index (Phi) is 11.0. The molecule has 0 spiro atoms. The Morgan fingerprint density at radius 1 is 0.143 bits per heavy atom. The van der Waals surface area contributed by atoms with Gasteiger partial charge >= 0.3 is 0 Å². The minimum absolute atomic E-state index is 1.19. The Balaban J connectivity index is 1.14. The van der Waals surface area contributed by atoms with E-state index in [1.807, 2.05) is 0 Å². The highest BCUT2D eigenvalue weighted by Crippen LogP contribution is 2.50. The highest BCUT2D eigenvalue weighted by atomic mass is 14.3. The molecule has 0 saturated carbocycles. The lowest BCUT2D eigenvalue weighted by Gasteiger charge is -2.20. The zero-order valence-electron chi connectivity index (χ0n) is 46.0. The van der Waals surface area contributed by atoms with Gasteiger partial charge in [-0.05, 0) is 180 Å². The standard InChI is InChI=1S/C84H52/c1-6-26-53(27-7-1)58-46-47-69-74(52-58)78(66-43-23-19-39-62(66)57-34-14-5-15-35-57)84-73-51-50-71-79-70(48-49-72(80(73)79)83(84)77(69)65-42-22-18-38-61(65)56-32-12-4-13-33-56)81-75(63-40-20-16-36-59(63)54-28-8-2-9-29-54)67-44-24-25-45-68(67)76(82(71)81)64-41-21-17-37-60(64)55-30-10-3-11-31-55/h1-52H. The Morgan fingerprint density at radius 2 is 0.381 bits per heavy atom. The van der Waals surface area contributed by atoms with Crippen LogP contribution in [-0.2, 0) is 0 Å². The maximum atomic E-state index is 2.50. The van der Waals surface area contributed by atoms with Crippen LogP contribution in [0.25, 0.3) is 132 Å². The van der Waals surface area contributed by atoms with E-state index in [4.69, 9.17) is 0 Å². The Hall–Kier alpha value is -10.9. The number of hydrogen-bond donors (Lipinski definition) is 0. The predicted molar refractivity (Wildman–Crippen MR) is 351 cm³/mol. The van der Waals surface area contributed by atoms with Crippen molar-refractivity contribution in [2.24, 2.45) is 0 Å². The summed E-state index contributed by atoms with van der Waals surface area (Å²) in [4.78, 5) is 0. The maximum absolute atomic E-state index is 2.50. The fraction of sp³-hybridized carbons (Fsp3) is 0. The maximum Gasteiger partial charge on any atom is -0.000718 e. The van der Waals surface area contributed by atoms with Gasteiger partial charge in [0.05, 0.1) is 0 Å². The van der Waals surface area contributed by atoms with Gasteiger partial charge in [0.1, 0.15) is 0 Å². The van der Waals surface area contributed by atoms with Crippen LogP contribution in [0.2, 0.25) is 0 Å². The summed E-state index contributed by atoms with van der Waals surface area (Å²) in [6, 6.07) is 118. The molecule has 0 aromatic heterocycles. The first-order valence-corrected chi connectivity index (χ1v) is 29.2. The normalized spacial score (nSPS) is 11.8. The van der Waals surface area contributed by atoms with E-state index in [1.165, 1.54) is 174 Å². The van der Waals surface area contributed by atoms with Crippen LogP contribution in [-0.4, -0.2) is 0 Å². The summed E-state index contributed by atoms with van der Waals surface area (Å²) in [5, 5.41) is 17.7. The molecular weight excluding hydrogens is 1010 g/mol. The lowest BCUT2D eigenvalue weighted by atomic mass is 9.83. The van der Waals surface area contributed by atoms with Crippen LogP contribution in [0.15, 0.2) is 315 Å². The molecule has 0 nitrogen and oxygen atoms in total. The van der Waals surface area contributed by atoms with Crippen molar-refractivity contribution in [1.82, 2.24) is 0 Å². The second-order valence-corrected chi connectivity index (χ2v) is 22.4. The predicted octanol–water partition coefficient (Wildman–Crippen LogP) is 21.9. The Morgan fingerprint density at radius 3 is 0.690 bits per heavy atom. The molecule has 0 saturated heterocycles.